The number of nitriles is 1. The number of benzene rings is 3. The maximum atomic E-state index is 15.0. The Morgan fingerprint density at radius 2 is 1.79 bits per heavy atom. The Morgan fingerprint density at radius 3 is 2.47 bits per heavy atom. The number of amides is 2. The Kier molecular flexibility index (Phi) is 6.55. The summed E-state index contributed by atoms with van der Waals surface area (Å²) in [5.74, 6) is -4.12. The molecule has 1 atom stereocenters. The van der Waals surface area contributed by atoms with Gasteiger partial charge in [0.1, 0.15) is 11.8 Å². The minimum Gasteiger partial charge on any atom is -0.319 e. The molecule has 4 aromatic rings. The lowest BCUT2D eigenvalue weighted by Crippen LogP contribution is -2.47. The first-order valence-corrected chi connectivity index (χ1v) is 12.4. The summed E-state index contributed by atoms with van der Waals surface area (Å²) in [5.41, 5.74) is 1.07. The summed E-state index contributed by atoms with van der Waals surface area (Å²) in [5, 5.41) is 16.2. The highest BCUT2D eigenvalue weighted by atomic mass is 79.9. The van der Waals surface area contributed by atoms with Crippen molar-refractivity contribution in [2.75, 3.05) is 10.2 Å². The fraction of sp³-hybridized carbons (Fsp3) is 0.143. The van der Waals surface area contributed by atoms with Gasteiger partial charge in [0.05, 0.1) is 30.0 Å². The van der Waals surface area contributed by atoms with E-state index < -0.39 is 17.7 Å². The van der Waals surface area contributed by atoms with E-state index in [-0.39, 0.29) is 34.1 Å². The summed E-state index contributed by atoms with van der Waals surface area (Å²) in [7, 11) is 0. The van der Waals surface area contributed by atoms with Crippen molar-refractivity contribution in [3.63, 3.8) is 0 Å². The zero-order chi connectivity index (χ0) is 27.0. The van der Waals surface area contributed by atoms with Gasteiger partial charge in [-0.3, -0.25) is 14.3 Å². The summed E-state index contributed by atoms with van der Waals surface area (Å²) in [6.07, 6.45) is 1.40. The monoisotopic (exact) mass is 575 g/mol. The van der Waals surface area contributed by atoms with Gasteiger partial charge in [0.2, 0.25) is 0 Å². The number of nitrogens with one attached hydrogen (secondary N) is 1. The zero-order valence-corrected chi connectivity index (χ0v) is 21.6. The van der Waals surface area contributed by atoms with Crippen LogP contribution in [0.1, 0.15) is 44.5 Å². The van der Waals surface area contributed by atoms with Crippen molar-refractivity contribution in [2.45, 2.75) is 25.4 Å². The van der Waals surface area contributed by atoms with Crippen molar-refractivity contribution < 1.29 is 18.4 Å². The summed E-state index contributed by atoms with van der Waals surface area (Å²) >= 11 is 3.26. The number of fused-ring (bicyclic) bond motifs is 1. The minimum atomic E-state index is -3.19. The van der Waals surface area contributed by atoms with E-state index in [4.69, 9.17) is 0 Å². The van der Waals surface area contributed by atoms with Gasteiger partial charge in [0, 0.05) is 26.9 Å². The topological polar surface area (TPSA) is 91.0 Å². The van der Waals surface area contributed by atoms with Gasteiger partial charge >= 0.3 is 0 Å². The summed E-state index contributed by atoms with van der Waals surface area (Å²) < 4.78 is 32.1. The first kappa shape index (κ1) is 25.3. The highest BCUT2D eigenvalue weighted by Gasteiger charge is 2.37. The predicted molar refractivity (Wildman–Crippen MR) is 141 cm³/mol. The number of rotatable bonds is 5. The maximum absolute atomic E-state index is 15.0. The van der Waals surface area contributed by atoms with Crippen LogP contribution < -0.4 is 10.2 Å². The van der Waals surface area contributed by atoms with Crippen LogP contribution in [-0.2, 0) is 12.5 Å². The third-order valence-corrected chi connectivity index (χ3v) is 7.07. The van der Waals surface area contributed by atoms with Gasteiger partial charge in [-0.15, -0.1) is 0 Å². The van der Waals surface area contributed by atoms with Gasteiger partial charge in [-0.25, -0.2) is 0 Å². The fourth-order valence-corrected chi connectivity index (χ4v) is 4.79. The Morgan fingerprint density at radius 1 is 1.11 bits per heavy atom. The Hall–Kier alpha value is -4.36. The molecule has 38 heavy (non-hydrogen) atoms. The molecule has 190 valence electrons. The van der Waals surface area contributed by atoms with Crippen LogP contribution in [0, 0.1) is 11.3 Å². The van der Waals surface area contributed by atoms with Gasteiger partial charge in [-0.2, -0.15) is 19.1 Å². The number of carbonyl (C=O) groups is 2. The molecule has 0 unspecified atom stereocenters. The molecule has 10 heteroatoms. The molecule has 3 aromatic carbocycles. The Labute approximate surface area is 225 Å². The van der Waals surface area contributed by atoms with E-state index in [9.17, 15) is 14.9 Å². The first-order chi connectivity index (χ1) is 18.2. The minimum absolute atomic E-state index is 0.118. The molecule has 1 N–H and O–H groups in total. The lowest BCUT2D eigenvalue weighted by atomic mass is 9.99. The Bertz CT molecular complexity index is 1580. The van der Waals surface area contributed by atoms with Crippen LogP contribution in [0.25, 0.3) is 0 Å². The van der Waals surface area contributed by atoms with Crippen LogP contribution in [0.15, 0.2) is 83.5 Å². The van der Waals surface area contributed by atoms with Crippen molar-refractivity contribution in [2.24, 2.45) is 0 Å². The summed E-state index contributed by atoms with van der Waals surface area (Å²) in [4.78, 5) is 28.0. The smallest absolute Gasteiger partial charge is 0.298 e. The number of hydrogen-bond donors (Lipinski definition) is 1. The van der Waals surface area contributed by atoms with Crippen molar-refractivity contribution in [3.8, 4) is 6.07 Å². The quantitative estimate of drug-likeness (QED) is 0.318. The van der Waals surface area contributed by atoms with E-state index in [0.717, 1.165) is 0 Å². The van der Waals surface area contributed by atoms with Crippen molar-refractivity contribution in [1.29, 1.82) is 5.26 Å². The number of anilines is 2. The van der Waals surface area contributed by atoms with Crippen LogP contribution >= 0.6 is 15.9 Å². The SMILES string of the molecule is C[C@H]1Cn2ncc(NC(=O)c3ccc(Br)c(C#N)c3)c2C(=O)N1c1ccc(C(F)(F)c2ccccc2)cc1. The van der Waals surface area contributed by atoms with Gasteiger partial charge < -0.3 is 10.2 Å². The molecule has 7 nitrogen and oxygen atoms in total. The summed E-state index contributed by atoms with van der Waals surface area (Å²) in [6.45, 7) is 2.17. The third kappa shape index (κ3) is 4.46. The molecule has 0 aliphatic carbocycles. The molecular weight excluding hydrogens is 556 g/mol. The second kappa shape index (κ2) is 9.84. The number of halogens is 3. The summed E-state index contributed by atoms with van der Waals surface area (Å²) in [6, 6.07) is 19.5. The maximum Gasteiger partial charge on any atom is 0.298 e. The Balaban J connectivity index is 1.41. The number of aromatic nitrogens is 2. The molecular formula is C28H20BrF2N5O2. The van der Waals surface area contributed by atoms with E-state index in [1.54, 1.807) is 30.3 Å². The van der Waals surface area contributed by atoms with Crippen LogP contribution in [0.2, 0.25) is 0 Å². The number of carbonyl (C=O) groups excluding carboxylic acids is 2. The van der Waals surface area contributed by atoms with Gasteiger partial charge in [0.15, 0.2) is 0 Å². The molecule has 2 heterocycles. The molecule has 0 radical (unpaired) electrons. The molecule has 0 saturated heterocycles. The van der Waals surface area contributed by atoms with E-state index in [1.165, 1.54) is 58.2 Å². The predicted octanol–water partition coefficient (Wildman–Crippen LogP) is 5.96. The number of hydrogen-bond acceptors (Lipinski definition) is 4. The van der Waals surface area contributed by atoms with Crippen LogP contribution in [-0.4, -0.2) is 27.6 Å². The molecule has 1 aromatic heterocycles. The van der Waals surface area contributed by atoms with E-state index in [2.05, 4.69) is 26.3 Å². The molecule has 0 fully saturated rings. The second-order valence-electron chi connectivity index (χ2n) is 8.86. The van der Waals surface area contributed by atoms with Gasteiger partial charge in [-0.05, 0) is 53.2 Å². The molecule has 5 rings (SSSR count). The van der Waals surface area contributed by atoms with Crippen molar-refractivity contribution >= 4 is 39.1 Å². The van der Waals surface area contributed by atoms with Crippen molar-refractivity contribution in [3.05, 3.63) is 111 Å². The second-order valence-corrected chi connectivity index (χ2v) is 9.72. The number of alkyl halides is 2. The van der Waals surface area contributed by atoms with Crippen LogP contribution in [0.4, 0.5) is 20.2 Å². The normalized spacial score (nSPS) is 15.1. The molecule has 0 spiro atoms. The lowest BCUT2D eigenvalue weighted by Gasteiger charge is -2.34. The average Bonchev–Trinajstić information content (AvgIpc) is 3.32. The largest absolute Gasteiger partial charge is 0.319 e. The molecule has 2 amide bonds. The van der Waals surface area contributed by atoms with E-state index >= 15 is 8.78 Å². The molecule has 0 bridgehead atoms. The molecule has 1 aliphatic heterocycles. The van der Waals surface area contributed by atoms with E-state index in [1.807, 2.05) is 13.0 Å². The third-order valence-electron chi connectivity index (χ3n) is 6.38. The fourth-order valence-electron chi connectivity index (χ4n) is 4.45. The van der Waals surface area contributed by atoms with E-state index in [0.29, 0.717) is 22.3 Å². The van der Waals surface area contributed by atoms with Gasteiger partial charge in [0.25, 0.3) is 17.7 Å². The average molecular weight is 576 g/mol. The highest BCUT2D eigenvalue weighted by molar-refractivity contribution is 9.10. The zero-order valence-electron chi connectivity index (χ0n) is 20.0. The highest BCUT2D eigenvalue weighted by Crippen LogP contribution is 2.37. The molecule has 1 aliphatic rings. The van der Waals surface area contributed by atoms with Crippen LogP contribution in [0.3, 0.4) is 0 Å². The van der Waals surface area contributed by atoms with Gasteiger partial charge in [-0.1, -0.05) is 42.5 Å². The van der Waals surface area contributed by atoms with Crippen LogP contribution in [0.5, 0.6) is 0 Å². The first-order valence-electron chi connectivity index (χ1n) is 11.6. The standard InChI is InChI=1S/C28H20BrF2N5O2/c1-17-16-35-25(24(15-33-35)34-26(37)18-7-12-23(29)19(13-18)14-32)27(38)36(17)22-10-8-21(9-11-22)28(30,31)20-5-3-2-4-6-20/h2-13,15,17H,16H2,1H3,(H,34,37)/t17-/m0/s1. The van der Waals surface area contributed by atoms with Crippen molar-refractivity contribution in [1.82, 2.24) is 9.78 Å². The molecule has 0 saturated carbocycles. The lowest BCUT2D eigenvalue weighted by molar-refractivity contribution is 0.0428. The number of nitrogens with zero attached hydrogens (tertiary/aromatic N) is 4.